The Hall–Kier alpha value is -1.91. The zero-order valence-corrected chi connectivity index (χ0v) is 9.39. The molecule has 1 aliphatic carbocycles. The monoisotopic (exact) mass is 229 g/mol. The van der Waals surface area contributed by atoms with Crippen molar-refractivity contribution in [2.75, 3.05) is 5.32 Å². The van der Waals surface area contributed by atoms with Gasteiger partial charge in [0, 0.05) is 17.7 Å². The molecule has 88 valence electrons. The lowest BCUT2D eigenvalue weighted by molar-refractivity contribution is -0.112. The molecule has 0 heterocycles. The Morgan fingerprint density at radius 2 is 1.94 bits per heavy atom. The molecule has 1 amide bonds. The third-order valence-electron chi connectivity index (χ3n) is 2.54. The standard InChI is InChI=1S/C13H15N3O/c14-13(15)8-6-10(7-9-13)12(17)16-11-4-2-1-3-5-11/h1-8H,9,14-15H2,(H,16,17). The zero-order valence-electron chi connectivity index (χ0n) is 9.39. The summed E-state index contributed by atoms with van der Waals surface area (Å²) in [6.07, 6.45) is 5.51. The van der Waals surface area contributed by atoms with Crippen molar-refractivity contribution in [1.29, 1.82) is 0 Å². The van der Waals surface area contributed by atoms with Crippen LogP contribution >= 0.6 is 0 Å². The molecule has 0 bridgehead atoms. The van der Waals surface area contributed by atoms with Gasteiger partial charge in [-0.2, -0.15) is 0 Å². The number of carbonyl (C=O) groups is 1. The van der Waals surface area contributed by atoms with Gasteiger partial charge in [0.2, 0.25) is 0 Å². The maximum Gasteiger partial charge on any atom is 0.255 e. The molecule has 4 heteroatoms. The summed E-state index contributed by atoms with van der Waals surface area (Å²) in [5, 5.41) is 2.80. The quantitative estimate of drug-likeness (QED) is 0.665. The Morgan fingerprint density at radius 1 is 1.24 bits per heavy atom. The van der Waals surface area contributed by atoms with E-state index in [0.29, 0.717) is 12.0 Å². The molecule has 0 fully saturated rings. The molecule has 5 N–H and O–H groups in total. The molecule has 0 unspecified atom stereocenters. The second kappa shape index (κ2) is 4.53. The van der Waals surface area contributed by atoms with Crippen molar-refractivity contribution in [3.63, 3.8) is 0 Å². The smallest absolute Gasteiger partial charge is 0.255 e. The first-order valence-corrected chi connectivity index (χ1v) is 5.40. The highest BCUT2D eigenvalue weighted by Crippen LogP contribution is 2.16. The van der Waals surface area contributed by atoms with Crippen LogP contribution in [0.25, 0.3) is 0 Å². The number of amides is 1. The SMILES string of the molecule is NC1(N)C=CC(C(=O)Nc2ccccc2)=CC1. The summed E-state index contributed by atoms with van der Waals surface area (Å²) in [4.78, 5) is 11.9. The molecule has 0 saturated carbocycles. The summed E-state index contributed by atoms with van der Waals surface area (Å²) in [6.45, 7) is 0. The highest BCUT2D eigenvalue weighted by atomic mass is 16.1. The molecule has 0 saturated heterocycles. The minimum Gasteiger partial charge on any atom is -0.322 e. The van der Waals surface area contributed by atoms with Crippen molar-refractivity contribution in [3.8, 4) is 0 Å². The first-order valence-electron chi connectivity index (χ1n) is 5.40. The van der Waals surface area contributed by atoms with Crippen LogP contribution in [0.2, 0.25) is 0 Å². The zero-order chi connectivity index (χ0) is 12.3. The summed E-state index contributed by atoms with van der Waals surface area (Å²) < 4.78 is 0. The molecule has 1 aromatic rings. The number of nitrogens with two attached hydrogens (primary N) is 2. The number of anilines is 1. The largest absolute Gasteiger partial charge is 0.322 e. The molecule has 2 rings (SSSR count). The number of para-hydroxylation sites is 1. The van der Waals surface area contributed by atoms with Crippen LogP contribution in [0.1, 0.15) is 6.42 Å². The van der Waals surface area contributed by atoms with E-state index >= 15 is 0 Å². The van der Waals surface area contributed by atoms with Crippen LogP contribution in [0.4, 0.5) is 5.69 Å². The van der Waals surface area contributed by atoms with Gasteiger partial charge in [-0.3, -0.25) is 4.79 Å². The Kier molecular flexibility index (Phi) is 3.08. The molecular weight excluding hydrogens is 214 g/mol. The molecule has 0 aliphatic heterocycles. The van der Waals surface area contributed by atoms with Crippen molar-refractivity contribution >= 4 is 11.6 Å². The number of carbonyl (C=O) groups excluding carboxylic acids is 1. The van der Waals surface area contributed by atoms with E-state index in [2.05, 4.69) is 5.32 Å². The van der Waals surface area contributed by atoms with Crippen molar-refractivity contribution in [2.45, 2.75) is 12.1 Å². The predicted molar refractivity (Wildman–Crippen MR) is 68.0 cm³/mol. The number of hydrogen-bond donors (Lipinski definition) is 3. The first-order chi connectivity index (χ1) is 8.07. The van der Waals surface area contributed by atoms with E-state index in [-0.39, 0.29) is 5.91 Å². The summed E-state index contributed by atoms with van der Waals surface area (Å²) >= 11 is 0. The highest BCUT2D eigenvalue weighted by molar-refractivity contribution is 6.05. The molecule has 1 aliphatic rings. The van der Waals surface area contributed by atoms with Crippen LogP contribution in [0.3, 0.4) is 0 Å². The number of benzene rings is 1. The maximum atomic E-state index is 11.9. The summed E-state index contributed by atoms with van der Waals surface area (Å²) in [5.74, 6) is -0.150. The second-order valence-electron chi connectivity index (χ2n) is 4.13. The van der Waals surface area contributed by atoms with Gasteiger partial charge in [-0.25, -0.2) is 0 Å². The minimum atomic E-state index is -0.837. The Morgan fingerprint density at radius 3 is 2.53 bits per heavy atom. The normalized spacial score (nSPS) is 17.4. The molecule has 0 radical (unpaired) electrons. The van der Waals surface area contributed by atoms with E-state index in [1.165, 1.54) is 0 Å². The van der Waals surface area contributed by atoms with Crippen LogP contribution in [0, 0.1) is 0 Å². The average Bonchev–Trinajstić information content (AvgIpc) is 2.30. The highest BCUT2D eigenvalue weighted by Gasteiger charge is 2.19. The molecule has 1 aromatic carbocycles. The third kappa shape index (κ3) is 3.03. The van der Waals surface area contributed by atoms with Crippen LogP contribution in [0.15, 0.2) is 54.1 Å². The average molecular weight is 229 g/mol. The Bertz CT molecular complexity index is 475. The van der Waals surface area contributed by atoms with Crippen molar-refractivity contribution < 1.29 is 4.79 Å². The van der Waals surface area contributed by atoms with Gasteiger partial charge < -0.3 is 16.8 Å². The molecule has 0 atom stereocenters. The van der Waals surface area contributed by atoms with Crippen molar-refractivity contribution in [1.82, 2.24) is 0 Å². The van der Waals surface area contributed by atoms with E-state index < -0.39 is 5.66 Å². The fourth-order valence-electron chi connectivity index (χ4n) is 1.56. The van der Waals surface area contributed by atoms with Crippen LogP contribution in [-0.4, -0.2) is 11.6 Å². The number of rotatable bonds is 2. The Labute approximate surface area is 100.0 Å². The van der Waals surface area contributed by atoms with Gasteiger partial charge in [0.05, 0.1) is 5.66 Å². The predicted octanol–water partition coefficient (Wildman–Crippen LogP) is 1.13. The molecular formula is C13H15N3O. The van der Waals surface area contributed by atoms with E-state index in [1.807, 2.05) is 30.3 Å². The molecule has 0 aromatic heterocycles. The number of nitrogens with one attached hydrogen (secondary N) is 1. The van der Waals surface area contributed by atoms with Crippen molar-refractivity contribution in [3.05, 3.63) is 54.1 Å². The minimum absolute atomic E-state index is 0.150. The van der Waals surface area contributed by atoms with E-state index in [9.17, 15) is 4.79 Å². The van der Waals surface area contributed by atoms with Crippen LogP contribution in [0.5, 0.6) is 0 Å². The van der Waals surface area contributed by atoms with Gasteiger partial charge in [0.25, 0.3) is 5.91 Å². The van der Waals surface area contributed by atoms with Gasteiger partial charge >= 0.3 is 0 Å². The van der Waals surface area contributed by atoms with Gasteiger partial charge in [-0.1, -0.05) is 30.4 Å². The van der Waals surface area contributed by atoms with Gasteiger partial charge in [0.15, 0.2) is 0 Å². The fraction of sp³-hybridized carbons (Fsp3) is 0.154. The first kappa shape index (κ1) is 11.6. The van der Waals surface area contributed by atoms with E-state index in [0.717, 1.165) is 5.69 Å². The van der Waals surface area contributed by atoms with Gasteiger partial charge in [-0.15, -0.1) is 0 Å². The molecule has 0 spiro atoms. The lowest BCUT2D eigenvalue weighted by Gasteiger charge is -2.22. The lowest BCUT2D eigenvalue weighted by Crippen LogP contribution is -2.47. The van der Waals surface area contributed by atoms with Crippen molar-refractivity contribution in [2.24, 2.45) is 11.5 Å². The Balaban J connectivity index is 2.04. The summed E-state index contributed by atoms with van der Waals surface area (Å²) in [7, 11) is 0. The number of hydrogen-bond acceptors (Lipinski definition) is 3. The molecule has 4 nitrogen and oxygen atoms in total. The lowest BCUT2D eigenvalue weighted by atomic mass is 9.98. The summed E-state index contributed by atoms with van der Waals surface area (Å²) in [6, 6.07) is 9.30. The van der Waals surface area contributed by atoms with Crippen LogP contribution in [-0.2, 0) is 4.79 Å². The van der Waals surface area contributed by atoms with Gasteiger partial charge in [0.1, 0.15) is 0 Å². The summed E-state index contributed by atoms with van der Waals surface area (Å²) in [5.41, 5.74) is 11.9. The van der Waals surface area contributed by atoms with E-state index in [1.54, 1.807) is 18.2 Å². The fourth-order valence-corrected chi connectivity index (χ4v) is 1.56. The topological polar surface area (TPSA) is 81.1 Å². The second-order valence-corrected chi connectivity index (χ2v) is 4.13. The van der Waals surface area contributed by atoms with E-state index in [4.69, 9.17) is 11.5 Å². The third-order valence-corrected chi connectivity index (χ3v) is 2.54. The molecule has 17 heavy (non-hydrogen) atoms. The maximum absolute atomic E-state index is 11.9. The van der Waals surface area contributed by atoms with Crippen LogP contribution < -0.4 is 16.8 Å². The van der Waals surface area contributed by atoms with Gasteiger partial charge in [-0.05, 0) is 18.2 Å².